The molecule has 0 aliphatic carbocycles. The lowest BCUT2D eigenvalue weighted by Crippen LogP contribution is -1.93. The molecule has 0 saturated carbocycles. The van der Waals surface area contributed by atoms with Crippen molar-refractivity contribution in [3.05, 3.63) is 28.9 Å². The Morgan fingerprint density at radius 1 is 1.31 bits per heavy atom. The highest BCUT2D eigenvalue weighted by molar-refractivity contribution is 6.29. The fraction of sp³-hybridized carbons (Fsp3) is 0.111. The van der Waals surface area contributed by atoms with Crippen LogP contribution in [-0.4, -0.2) is 9.97 Å². The molecule has 0 saturated heterocycles. The molecule has 0 aliphatic rings. The van der Waals surface area contributed by atoms with Gasteiger partial charge in [0.25, 0.3) is 0 Å². The highest BCUT2D eigenvalue weighted by Gasteiger charge is 2.02. The van der Waals surface area contributed by atoms with E-state index < -0.39 is 0 Å². The monoisotopic (exact) mass is 193 g/mol. The first-order chi connectivity index (χ1) is 6.16. The van der Waals surface area contributed by atoms with Crippen LogP contribution in [0.3, 0.4) is 0 Å². The summed E-state index contributed by atoms with van der Waals surface area (Å²) in [4.78, 5) is 8.15. The van der Waals surface area contributed by atoms with E-state index >= 15 is 0 Å². The first-order valence-electron chi connectivity index (χ1n) is 3.86. The summed E-state index contributed by atoms with van der Waals surface area (Å²) in [6.45, 7) is 1.97. The van der Waals surface area contributed by atoms with Crippen LogP contribution in [0.5, 0.6) is 0 Å². The maximum atomic E-state index is 5.78. The van der Waals surface area contributed by atoms with E-state index in [1.54, 1.807) is 6.07 Å². The molecule has 0 aromatic carbocycles. The lowest BCUT2D eigenvalue weighted by atomic mass is 10.2. The normalized spacial score (nSPS) is 10.6. The number of aromatic nitrogens is 2. The molecule has 2 aromatic rings. The molecule has 0 bridgehead atoms. The SMILES string of the molecule is Cc1cc(Cl)nc2nc(N)ccc12. The van der Waals surface area contributed by atoms with Crippen molar-refractivity contribution in [2.75, 3.05) is 5.73 Å². The Bertz CT molecular complexity index is 462. The van der Waals surface area contributed by atoms with Gasteiger partial charge in [-0.25, -0.2) is 9.97 Å². The summed E-state index contributed by atoms with van der Waals surface area (Å²) in [6.07, 6.45) is 0. The number of hydrogen-bond acceptors (Lipinski definition) is 3. The fourth-order valence-corrected chi connectivity index (χ4v) is 1.49. The number of aryl methyl sites for hydroxylation is 1. The molecule has 2 rings (SSSR count). The van der Waals surface area contributed by atoms with Crippen LogP contribution < -0.4 is 5.73 Å². The zero-order valence-electron chi connectivity index (χ0n) is 7.08. The molecular formula is C9H8ClN3. The van der Waals surface area contributed by atoms with Gasteiger partial charge in [0.1, 0.15) is 11.0 Å². The maximum absolute atomic E-state index is 5.78. The standard InChI is InChI=1S/C9H8ClN3/c1-5-4-7(10)12-9-6(5)2-3-8(11)13-9/h2-4H,1H3,(H2,11,12,13). The van der Waals surface area contributed by atoms with Gasteiger partial charge in [-0.2, -0.15) is 0 Å². The molecule has 0 spiro atoms. The smallest absolute Gasteiger partial charge is 0.163 e. The molecule has 0 fully saturated rings. The highest BCUT2D eigenvalue weighted by atomic mass is 35.5. The largest absolute Gasteiger partial charge is 0.384 e. The third-order valence-electron chi connectivity index (χ3n) is 1.87. The Labute approximate surface area is 80.6 Å². The number of anilines is 1. The average molecular weight is 194 g/mol. The summed E-state index contributed by atoms with van der Waals surface area (Å²) in [5.41, 5.74) is 7.19. The number of rotatable bonds is 0. The van der Waals surface area contributed by atoms with Gasteiger partial charge in [0.2, 0.25) is 0 Å². The van der Waals surface area contributed by atoms with E-state index in [4.69, 9.17) is 17.3 Å². The lowest BCUT2D eigenvalue weighted by molar-refractivity contribution is 1.27. The third-order valence-corrected chi connectivity index (χ3v) is 2.06. The summed E-state index contributed by atoms with van der Waals surface area (Å²) < 4.78 is 0. The van der Waals surface area contributed by atoms with Gasteiger partial charge in [-0.1, -0.05) is 11.6 Å². The molecule has 66 valence electrons. The first-order valence-corrected chi connectivity index (χ1v) is 4.24. The second-order valence-electron chi connectivity index (χ2n) is 2.87. The zero-order chi connectivity index (χ0) is 9.42. The van der Waals surface area contributed by atoms with Gasteiger partial charge in [0.05, 0.1) is 0 Å². The summed E-state index contributed by atoms with van der Waals surface area (Å²) in [5, 5.41) is 1.43. The molecule has 2 heterocycles. The minimum absolute atomic E-state index is 0.447. The van der Waals surface area contributed by atoms with E-state index in [-0.39, 0.29) is 0 Å². The molecule has 0 radical (unpaired) electrons. The molecule has 2 N–H and O–H groups in total. The van der Waals surface area contributed by atoms with E-state index in [9.17, 15) is 0 Å². The van der Waals surface area contributed by atoms with Crippen LogP contribution in [0.1, 0.15) is 5.56 Å². The van der Waals surface area contributed by atoms with Gasteiger partial charge in [-0.15, -0.1) is 0 Å². The molecule has 3 nitrogen and oxygen atoms in total. The minimum atomic E-state index is 0.447. The topological polar surface area (TPSA) is 51.8 Å². The van der Waals surface area contributed by atoms with Crippen molar-refractivity contribution in [1.29, 1.82) is 0 Å². The predicted octanol–water partition coefficient (Wildman–Crippen LogP) is 2.17. The van der Waals surface area contributed by atoms with Gasteiger partial charge >= 0.3 is 0 Å². The van der Waals surface area contributed by atoms with Gasteiger partial charge in [-0.05, 0) is 30.7 Å². The summed E-state index contributed by atoms with van der Waals surface area (Å²) in [7, 11) is 0. The third kappa shape index (κ3) is 1.42. The second kappa shape index (κ2) is 2.85. The summed E-state index contributed by atoms with van der Waals surface area (Å²) >= 11 is 5.78. The first kappa shape index (κ1) is 8.26. The number of hydrogen-bond donors (Lipinski definition) is 1. The molecule has 0 amide bonds. The van der Waals surface area contributed by atoms with Gasteiger partial charge in [0.15, 0.2) is 5.65 Å². The van der Waals surface area contributed by atoms with E-state index in [2.05, 4.69) is 9.97 Å². The van der Waals surface area contributed by atoms with Crippen LogP contribution in [-0.2, 0) is 0 Å². The van der Waals surface area contributed by atoms with Crippen LogP contribution in [0.4, 0.5) is 5.82 Å². The van der Waals surface area contributed by atoms with Crippen molar-refractivity contribution >= 4 is 28.5 Å². The van der Waals surface area contributed by atoms with Crippen LogP contribution in [0.2, 0.25) is 5.15 Å². The van der Waals surface area contributed by atoms with Crippen molar-refractivity contribution in [3.8, 4) is 0 Å². The van der Waals surface area contributed by atoms with E-state index in [1.165, 1.54) is 0 Å². The highest BCUT2D eigenvalue weighted by Crippen LogP contribution is 2.19. The Morgan fingerprint density at radius 2 is 2.08 bits per heavy atom. The molecule has 4 heteroatoms. The number of halogens is 1. The quantitative estimate of drug-likeness (QED) is 0.653. The van der Waals surface area contributed by atoms with E-state index in [0.717, 1.165) is 10.9 Å². The Morgan fingerprint density at radius 3 is 2.85 bits per heavy atom. The number of nitrogens with two attached hydrogens (primary N) is 1. The Hall–Kier alpha value is -1.35. The van der Waals surface area contributed by atoms with Crippen LogP contribution in [0, 0.1) is 6.92 Å². The summed E-state index contributed by atoms with van der Waals surface area (Å²) in [5.74, 6) is 0.460. The number of pyridine rings is 2. The average Bonchev–Trinajstić information content (AvgIpc) is 2.02. The van der Waals surface area contributed by atoms with E-state index in [0.29, 0.717) is 16.6 Å². The molecule has 13 heavy (non-hydrogen) atoms. The minimum Gasteiger partial charge on any atom is -0.384 e. The van der Waals surface area contributed by atoms with E-state index in [1.807, 2.05) is 19.1 Å². The fourth-order valence-electron chi connectivity index (χ4n) is 1.25. The van der Waals surface area contributed by atoms with Crippen molar-refractivity contribution < 1.29 is 0 Å². The van der Waals surface area contributed by atoms with Crippen molar-refractivity contribution in [3.63, 3.8) is 0 Å². The van der Waals surface area contributed by atoms with Crippen LogP contribution in [0.15, 0.2) is 18.2 Å². The van der Waals surface area contributed by atoms with Gasteiger partial charge < -0.3 is 5.73 Å². The maximum Gasteiger partial charge on any atom is 0.163 e. The van der Waals surface area contributed by atoms with Crippen molar-refractivity contribution in [1.82, 2.24) is 9.97 Å². The van der Waals surface area contributed by atoms with Gasteiger partial charge in [0, 0.05) is 5.39 Å². The zero-order valence-corrected chi connectivity index (χ0v) is 7.84. The van der Waals surface area contributed by atoms with Crippen LogP contribution in [0.25, 0.3) is 11.0 Å². The number of nitrogen functional groups attached to an aromatic ring is 1. The molecule has 0 aliphatic heterocycles. The Balaban J connectivity index is 2.86. The molecular weight excluding hydrogens is 186 g/mol. The summed E-state index contributed by atoms with van der Waals surface area (Å²) in [6, 6.07) is 5.46. The van der Waals surface area contributed by atoms with Crippen molar-refractivity contribution in [2.24, 2.45) is 0 Å². The molecule has 2 aromatic heterocycles. The molecule has 0 atom stereocenters. The van der Waals surface area contributed by atoms with Crippen molar-refractivity contribution in [2.45, 2.75) is 6.92 Å². The van der Waals surface area contributed by atoms with Crippen LogP contribution >= 0.6 is 11.6 Å². The number of nitrogens with zero attached hydrogens (tertiary/aromatic N) is 2. The molecule has 0 unspecified atom stereocenters. The number of fused-ring (bicyclic) bond motifs is 1. The van der Waals surface area contributed by atoms with Gasteiger partial charge in [-0.3, -0.25) is 0 Å². The lowest BCUT2D eigenvalue weighted by Gasteiger charge is -2.01. The Kier molecular flexibility index (Phi) is 1.81. The predicted molar refractivity (Wildman–Crippen MR) is 53.7 cm³/mol. The second-order valence-corrected chi connectivity index (χ2v) is 3.26.